The summed E-state index contributed by atoms with van der Waals surface area (Å²) in [5, 5.41) is 3.06. The van der Waals surface area contributed by atoms with Gasteiger partial charge in [0, 0.05) is 23.8 Å². The maximum atomic E-state index is 12.4. The van der Waals surface area contributed by atoms with Crippen molar-refractivity contribution in [3.63, 3.8) is 0 Å². The van der Waals surface area contributed by atoms with Crippen molar-refractivity contribution in [2.45, 2.75) is 19.8 Å². The van der Waals surface area contributed by atoms with E-state index in [-0.39, 0.29) is 0 Å². The number of rotatable bonds is 3. The fraction of sp³-hybridized carbons (Fsp3) is 0.294. The highest BCUT2D eigenvalue weighted by molar-refractivity contribution is 5.99. The van der Waals surface area contributed by atoms with Gasteiger partial charge in [-0.2, -0.15) is 0 Å². The van der Waals surface area contributed by atoms with Crippen LogP contribution < -0.4 is 5.32 Å². The van der Waals surface area contributed by atoms with Crippen molar-refractivity contribution >= 4 is 17.7 Å². The number of methoxy groups -OCH3 is 2. The molecule has 1 N–H and O–H groups in total. The van der Waals surface area contributed by atoms with E-state index in [4.69, 9.17) is 9.47 Å². The van der Waals surface area contributed by atoms with E-state index in [0.29, 0.717) is 34.0 Å². The lowest BCUT2D eigenvalue weighted by Gasteiger charge is -2.29. The highest BCUT2D eigenvalue weighted by atomic mass is 16.5. The van der Waals surface area contributed by atoms with Crippen molar-refractivity contribution in [2.24, 2.45) is 0 Å². The lowest BCUT2D eigenvalue weighted by molar-refractivity contribution is -0.137. The number of aromatic nitrogens is 3. The van der Waals surface area contributed by atoms with Crippen molar-refractivity contribution in [1.29, 1.82) is 0 Å². The summed E-state index contributed by atoms with van der Waals surface area (Å²) in [6.07, 6.45) is 5.01. The summed E-state index contributed by atoms with van der Waals surface area (Å²) < 4.78 is 11.6. The Balaban J connectivity index is 2.29. The van der Waals surface area contributed by atoms with Gasteiger partial charge in [-0.15, -0.1) is 0 Å². The molecule has 8 heteroatoms. The van der Waals surface area contributed by atoms with E-state index in [0.717, 1.165) is 0 Å². The number of nitrogens with zero attached hydrogens (tertiary/aromatic N) is 3. The molecule has 0 saturated heterocycles. The molecule has 0 saturated carbocycles. The number of hydrogen-bond donors (Lipinski definition) is 1. The Hall–Kier alpha value is -3.16. The highest BCUT2D eigenvalue weighted by Gasteiger charge is 2.39. The van der Waals surface area contributed by atoms with Crippen LogP contribution in [0.5, 0.6) is 0 Å². The fourth-order valence-electron chi connectivity index (χ4n) is 3.11. The lowest BCUT2D eigenvalue weighted by atomic mass is 9.83. The summed E-state index contributed by atoms with van der Waals surface area (Å²) in [6, 6.07) is 1.75. The van der Waals surface area contributed by atoms with Crippen molar-refractivity contribution in [3.05, 3.63) is 52.9 Å². The van der Waals surface area contributed by atoms with Crippen molar-refractivity contribution in [2.75, 3.05) is 14.2 Å². The second-order valence-corrected chi connectivity index (χ2v) is 5.59. The van der Waals surface area contributed by atoms with Crippen LogP contribution in [-0.2, 0) is 19.1 Å². The first kappa shape index (κ1) is 16.7. The van der Waals surface area contributed by atoms with E-state index >= 15 is 0 Å². The third-order valence-electron chi connectivity index (χ3n) is 4.18. The molecule has 0 radical (unpaired) electrons. The average Bonchev–Trinajstić information content (AvgIpc) is 3.03. The van der Waals surface area contributed by atoms with Crippen LogP contribution in [0.25, 0.3) is 5.78 Å². The Labute approximate surface area is 144 Å². The SMILES string of the molecule is COC(=O)C1=C(C)NC(C)=C(C(=O)OC)C1c1cnc2ncccn12. The molecular formula is C17H18N4O4. The van der Waals surface area contributed by atoms with Crippen LogP contribution in [0.3, 0.4) is 0 Å². The van der Waals surface area contributed by atoms with E-state index in [9.17, 15) is 9.59 Å². The normalized spacial score (nSPS) is 15.4. The number of hydrogen-bond acceptors (Lipinski definition) is 7. The Kier molecular flexibility index (Phi) is 4.26. The molecule has 2 aromatic heterocycles. The number of esters is 2. The molecule has 0 fully saturated rings. The quantitative estimate of drug-likeness (QED) is 0.840. The van der Waals surface area contributed by atoms with Crippen LogP contribution in [-0.4, -0.2) is 40.5 Å². The van der Waals surface area contributed by atoms with Gasteiger partial charge >= 0.3 is 11.9 Å². The molecule has 0 spiro atoms. The van der Waals surface area contributed by atoms with Crippen molar-refractivity contribution in [3.8, 4) is 0 Å². The van der Waals surface area contributed by atoms with Gasteiger partial charge in [0.2, 0.25) is 5.78 Å². The number of allylic oxidation sites excluding steroid dienone is 2. The van der Waals surface area contributed by atoms with Crippen LogP contribution in [0, 0.1) is 0 Å². The van der Waals surface area contributed by atoms with Gasteiger partial charge in [0.25, 0.3) is 0 Å². The molecule has 3 heterocycles. The van der Waals surface area contributed by atoms with Crippen LogP contribution in [0.4, 0.5) is 0 Å². The fourth-order valence-corrected chi connectivity index (χ4v) is 3.11. The van der Waals surface area contributed by atoms with Gasteiger partial charge in [0.15, 0.2) is 0 Å². The van der Waals surface area contributed by atoms with E-state index in [1.54, 1.807) is 42.9 Å². The molecule has 3 rings (SSSR count). The molecule has 0 aromatic carbocycles. The van der Waals surface area contributed by atoms with Gasteiger partial charge in [-0.1, -0.05) is 0 Å². The maximum absolute atomic E-state index is 12.4. The number of imidazole rings is 1. The molecule has 1 aliphatic heterocycles. The molecule has 0 atom stereocenters. The molecule has 1 aliphatic rings. The summed E-state index contributed by atoms with van der Waals surface area (Å²) >= 11 is 0. The number of ether oxygens (including phenoxy) is 2. The summed E-state index contributed by atoms with van der Waals surface area (Å²) in [6.45, 7) is 3.52. The Morgan fingerprint density at radius 3 is 2.24 bits per heavy atom. The highest BCUT2D eigenvalue weighted by Crippen LogP contribution is 2.39. The molecule has 2 aromatic rings. The molecule has 25 heavy (non-hydrogen) atoms. The predicted octanol–water partition coefficient (Wildman–Crippen LogP) is 1.31. The smallest absolute Gasteiger partial charge is 0.336 e. The minimum Gasteiger partial charge on any atom is -0.466 e. The predicted molar refractivity (Wildman–Crippen MR) is 88.3 cm³/mol. The molecule has 0 aliphatic carbocycles. The zero-order chi connectivity index (χ0) is 18.1. The first-order valence-electron chi connectivity index (χ1n) is 7.62. The van der Waals surface area contributed by atoms with Gasteiger partial charge < -0.3 is 14.8 Å². The van der Waals surface area contributed by atoms with Gasteiger partial charge in [-0.05, 0) is 19.9 Å². The van der Waals surface area contributed by atoms with E-state index < -0.39 is 17.9 Å². The summed E-state index contributed by atoms with van der Waals surface area (Å²) in [7, 11) is 2.61. The number of carbonyl (C=O) groups is 2. The van der Waals surface area contributed by atoms with Crippen LogP contribution in [0.15, 0.2) is 47.2 Å². The standard InChI is InChI=1S/C17H18N4O4/c1-9-12(15(22)24-3)14(13(10(2)20-9)16(23)25-4)11-8-19-17-18-6-5-7-21(11)17/h5-8,14,20H,1-4H3. The number of fused-ring (bicyclic) bond motifs is 1. The van der Waals surface area contributed by atoms with Gasteiger partial charge in [-0.25, -0.2) is 19.6 Å². The third-order valence-corrected chi connectivity index (χ3v) is 4.18. The van der Waals surface area contributed by atoms with Crippen molar-refractivity contribution in [1.82, 2.24) is 19.7 Å². The topological polar surface area (TPSA) is 94.8 Å². The second-order valence-electron chi connectivity index (χ2n) is 5.59. The van der Waals surface area contributed by atoms with Crippen molar-refractivity contribution < 1.29 is 19.1 Å². The Morgan fingerprint density at radius 2 is 1.68 bits per heavy atom. The zero-order valence-electron chi connectivity index (χ0n) is 14.4. The lowest BCUT2D eigenvalue weighted by Crippen LogP contribution is -2.32. The third kappa shape index (κ3) is 2.65. The Morgan fingerprint density at radius 1 is 1.08 bits per heavy atom. The van der Waals surface area contributed by atoms with E-state index in [1.807, 2.05) is 0 Å². The first-order valence-corrected chi connectivity index (χ1v) is 7.62. The van der Waals surface area contributed by atoms with Gasteiger partial charge in [0.1, 0.15) is 0 Å². The summed E-state index contributed by atoms with van der Waals surface area (Å²) in [4.78, 5) is 33.3. The van der Waals surface area contributed by atoms with Gasteiger partial charge in [0.05, 0.1) is 43.2 Å². The maximum Gasteiger partial charge on any atom is 0.336 e. The number of carbonyl (C=O) groups excluding carboxylic acids is 2. The molecule has 0 amide bonds. The van der Waals surface area contributed by atoms with Crippen LogP contribution >= 0.6 is 0 Å². The van der Waals surface area contributed by atoms with E-state index in [2.05, 4.69) is 15.3 Å². The molecule has 0 bridgehead atoms. The number of nitrogens with one attached hydrogen (secondary N) is 1. The molecule has 130 valence electrons. The zero-order valence-corrected chi connectivity index (χ0v) is 14.4. The monoisotopic (exact) mass is 342 g/mol. The molecule has 8 nitrogen and oxygen atoms in total. The minimum absolute atomic E-state index is 0.333. The second kappa shape index (κ2) is 6.39. The first-order chi connectivity index (χ1) is 12.0. The molecular weight excluding hydrogens is 324 g/mol. The number of dihydropyridines is 1. The Bertz CT molecular complexity index is 888. The minimum atomic E-state index is -0.680. The largest absolute Gasteiger partial charge is 0.466 e. The summed E-state index contributed by atoms with van der Waals surface area (Å²) in [5.41, 5.74) is 2.52. The molecule has 0 unspecified atom stereocenters. The van der Waals surface area contributed by atoms with Gasteiger partial charge in [-0.3, -0.25) is 4.40 Å². The van der Waals surface area contributed by atoms with Crippen LogP contribution in [0.1, 0.15) is 25.5 Å². The van der Waals surface area contributed by atoms with E-state index in [1.165, 1.54) is 14.2 Å². The summed E-state index contributed by atoms with van der Waals surface area (Å²) in [5.74, 6) is -1.26. The van der Waals surface area contributed by atoms with Crippen LogP contribution in [0.2, 0.25) is 0 Å². The average molecular weight is 342 g/mol.